The van der Waals surface area contributed by atoms with E-state index in [1.54, 1.807) is 0 Å². The van der Waals surface area contributed by atoms with Crippen molar-refractivity contribution in [2.24, 2.45) is 5.92 Å². The molecule has 0 saturated heterocycles. The third kappa shape index (κ3) is 8.90. The van der Waals surface area contributed by atoms with E-state index in [1.165, 1.54) is 13.8 Å². The summed E-state index contributed by atoms with van der Waals surface area (Å²) in [7, 11) is 0. The summed E-state index contributed by atoms with van der Waals surface area (Å²) < 4.78 is 5.32. The van der Waals surface area contributed by atoms with Gasteiger partial charge in [0.15, 0.2) is 12.3 Å². The van der Waals surface area contributed by atoms with Crippen LogP contribution in [0.5, 0.6) is 0 Å². The molecule has 0 fully saturated rings. The minimum absolute atomic E-state index is 0.0209. The van der Waals surface area contributed by atoms with Gasteiger partial charge in [0.25, 0.3) is 0 Å². The van der Waals surface area contributed by atoms with Crippen molar-refractivity contribution < 1.29 is 34.1 Å². The zero-order valence-corrected chi connectivity index (χ0v) is 20.4. The summed E-state index contributed by atoms with van der Waals surface area (Å²) in [5, 5.41) is 25.9. The number of carboxylic acid groups (broad SMARTS) is 1. The van der Waals surface area contributed by atoms with Crippen molar-refractivity contribution in [1.29, 1.82) is 0 Å². The highest BCUT2D eigenvalue weighted by molar-refractivity contribution is 5.86. The molecule has 0 heterocycles. The van der Waals surface area contributed by atoms with E-state index in [-0.39, 0.29) is 24.8 Å². The van der Waals surface area contributed by atoms with Crippen molar-refractivity contribution in [2.45, 2.75) is 52.5 Å². The minimum Gasteiger partial charge on any atom is -0.479 e. The SMILES string of the molecule is CC(=O)N[C@H](C)OC(=O)[C@H](Cc1ccc2ccccc2c1)NC(=O)N(CC(C)C)CC(O)C(=O)O. The lowest BCUT2D eigenvalue weighted by Gasteiger charge is -2.28. The summed E-state index contributed by atoms with van der Waals surface area (Å²) in [6, 6.07) is 11.5. The predicted octanol–water partition coefficient (Wildman–Crippen LogP) is 1.89. The maximum atomic E-state index is 13.1. The first-order valence-electron chi connectivity index (χ1n) is 11.4. The molecular weight excluding hydrogens is 454 g/mol. The Hall–Kier alpha value is -3.66. The van der Waals surface area contributed by atoms with Gasteiger partial charge in [0, 0.05) is 19.9 Å². The molecule has 0 aliphatic carbocycles. The molecule has 4 N–H and O–H groups in total. The largest absolute Gasteiger partial charge is 0.479 e. The van der Waals surface area contributed by atoms with Crippen LogP contribution in [0.1, 0.15) is 33.3 Å². The third-order valence-electron chi connectivity index (χ3n) is 5.09. The quantitative estimate of drug-likeness (QED) is 0.280. The number of carbonyl (C=O) groups excluding carboxylic acids is 3. The minimum atomic E-state index is -1.77. The van der Waals surface area contributed by atoms with Crippen LogP contribution in [0.2, 0.25) is 0 Å². The first-order chi connectivity index (χ1) is 16.5. The zero-order valence-electron chi connectivity index (χ0n) is 20.4. The van der Waals surface area contributed by atoms with Crippen LogP contribution in [0.4, 0.5) is 4.79 Å². The molecule has 0 aliphatic heterocycles. The number of aliphatic hydroxyl groups excluding tert-OH is 1. The number of ether oxygens (including phenoxy) is 1. The van der Waals surface area contributed by atoms with Crippen molar-refractivity contribution in [3.63, 3.8) is 0 Å². The molecule has 0 aromatic heterocycles. The van der Waals surface area contributed by atoms with Gasteiger partial charge in [0.2, 0.25) is 5.91 Å². The number of carbonyl (C=O) groups is 4. The number of esters is 1. The van der Waals surface area contributed by atoms with E-state index in [1.807, 2.05) is 56.3 Å². The zero-order chi connectivity index (χ0) is 26.1. The summed E-state index contributed by atoms with van der Waals surface area (Å²) >= 11 is 0. The van der Waals surface area contributed by atoms with Crippen LogP contribution < -0.4 is 10.6 Å². The molecule has 3 amide bonds. The highest BCUT2D eigenvalue weighted by atomic mass is 16.6. The Labute approximate surface area is 204 Å². The Morgan fingerprint density at radius 2 is 1.63 bits per heavy atom. The predicted molar refractivity (Wildman–Crippen MR) is 129 cm³/mol. The van der Waals surface area contributed by atoms with Crippen molar-refractivity contribution in [2.75, 3.05) is 13.1 Å². The number of aliphatic hydroxyl groups is 1. The van der Waals surface area contributed by atoms with E-state index >= 15 is 0 Å². The van der Waals surface area contributed by atoms with Crippen molar-refractivity contribution in [3.05, 3.63) is 48.0 Å². The molecule has 0 saturated carbocycles. The fourth-order valence-corrected chi connectivity index (χ4v) is 3.58. The van der Waals surface area contributed by atoms with Crippen LogP contribution in [0.25, 0.3) is 10.8 Å². The second-order valence-corrected chi connectivity index (χ2v) is 8.82. The van der Waals surface area contributed by atoms with Gasteiger partial charge in [0.05, 0.1) is 6.54 Å². The van der Waals surface area contributed by atoms with E-state index < -0.39 is 42.9 Å². The highest BCUT2D eigenvalue weighted by Crippen LogP contribution is 2.17. The smallest absolute Gasteiger partial charge is 0.334 e. The molecule has 0 spiro atoms. The molecule has 0 bridgehead atoms. The molecule has 190 valence electrons. The van der Waals surface area contributed by atoms with Crippen molar-refractivity contribution in [3.8, 4) is 0 Å². The van der Waals surface area contributed by atoms with Crippen LogP contribution in [0, 0.1) is 5.92 Å². The molecule has 2 aromatic carbocycles. The molecule has 10 heteroatoms. The van der Waals surface area contributed by atoms with E-state index in [9.17, 15) is 24.3 Å². The number of hydrogen-bond donors (Lipinski definition) is 4. The lowest BCUT2D eigenvalue weighted by atomic mass is 10.0. The van der Waals surface area contributed by atoms with Crippen LogP contribution in [0.3, 0.4) is 0 Å². The van der Waals surface area contributed by atoms with Crippen molar-refractivity contribution >= 4 is 34.6 Å². The number of benzene rings is 2. The average molecular weight is 488 g/mol. The number of rotatable bonds is 11. The second kappa shape index (κ2) is 12.7. The highest BCUT2D eigenvalue weighted by Gasteiger charge is 2.29. The number of carboxylic acids is 1. The normalized spacial score (nSPS) is 13.5. The summed E-state index contributed by atoms with van der Waals surface area (Å²) in [6.07, 6.45) is -2.60. The lowest BCUT2D eigenvalue weighted by Crippen LogP contribution is -2.53. The number of aliphatic carboxylic acids is 1. The Balaban J connectivity index is 2.27. The topological polar surface area (TPSA) is 145 Å². The molecule has 2 aromatic rings. The van der Waals surface area contributed by atoms with Gasteiger partial charge in [0.1, 0.15) is 6.04 Å². The number of nitrogens with one attached hydrogen (secondary N) is 2. The molecule has 35 heavy (non-hydrogen) atoms. The number of fused-ring (bicyclic) bond motifs is 1. The lowest BCUT2D eigenvalue weighted by molar-refractivity contribution is -0.153. The Morgan fingerprint density at radius 1 is 0.971 bits per heavy atom. The molecule has 3 atom stereocenters. The Morgan fingerprint density at radius 3 is 2.23 bits per heavy atom. The monoisotopic (exact) mass is 487 g/mol. The molecule has 0 aliphatic rings. The van der Waals surface area contributed by atoms with Gasteiger partial charge < -0.3 is 30.5 Å². The second-order valence-electron chi connectivity index (χ2n) is 8.82. The van der Waals surface area contributed by atoms with E-state index in [4.69, 9.17) is 9.84 Å². The first kappa shape index (κ1) is 27.6. The van der Waals surface area contributed by atoms with Gasteiger partial charge in [-0.15, -0.1) is 0 Å². The van der Waals surface area contributed by atoms with E-state index in [0.717, 1.165) is 21.2 Å². The number of hydrogen-bond acceptors (Lipinski definition) is 6. The fourth-order valence-electron chi connectivity index (χ4n) is 3.58. The van der Waals surface area contributed by atoms with Gasteiger partial charge in [-0.25, -0.2) is 14.4 Å². The first-order valence-corrected chi connectivity index (χ1v) is 11.4. The molecule has 10 nitrogen and oxygen atoms in total. The maximum absolute atomic E-state index is 13.1. The van der Waals surface area contributed by atoms with Gasteiger partial charge in [-0.3, -0.25) is 4.79 Å². The van der Waals surface area contributed by atoms with Crippen LogP contribution in [-0.2, 0) is 25.5 Å². The van der Waals surface area contributed by atoms with E-state index in [0.29, 0.717) is 0 Å². The Kier molecular flexibility index (Phi) is 10.0. The summed E-state index contributed by atoms with van der Waals surface area (Å²) in [5.41, 5.74) is 0.763. The number of urea groups is 1. The summed E-state index contributed by atoms with van der Waals surface area (Å²) in [6.45, 7) is 6.17. The summed E-state index contributed by atoms with van der Waals surface area (Å²) in [4.78, 5) is 49.6. The van der Waals surface area contributed by atoms with Crippen LogP contribution >= 0.6 is 0 Å². The summed E-state index contributed by atoms with van der Waals surface area (Å²) in [5.74, 6) is -2.63. The van der Waals surface area contributed by atoms with Crippen molar-refractivity contribution in [1.82, 2.24) is 15.5 Å². The molecular formula is C25H33N3O7. The molecule has 2 rings (SSSR count). The van der Waals surface area contributed by atoms with Gasteiger partial charge in [-0.05, 0) is 29.2 Å². The van der Waals surface area contributed by atoms with Gasteiger partial charge >= 0.3 is 18.0 Å². The van der Waals surface area contributed by atoms with E-state index in [2.05, 4.69) is 10.6 Å². The van der Waals surface area contributed by atoms with Gasteiger partial charge in [-0.2, -0.15) is 0 Å². The molecule has 1 unspecified atom stereocenters. The van der Waals surface area contributed by atoms with Crippen LogP contribution in [0.15, 0.2) is 42.5 Å². The standard InChI is InChI=1S/C25H33N3O7/c1-15(2)13-28(14-22(30)23(31)32)25(34)27-21(24(33)35-17(4)26-16(3)29)12-18-9-10-19-7-5-6-8-20(19)11-18/h5-11,15,17,21-22,30H,12-14H2,1-4H3,(H,26,29)(H,27,34)(H,31,32)/t17-,21-,22?/m0/s1. The average Bonchev–Trinajstić information content (AvgIpc) is 2.76. The number of amides is 3. The Bertz CT molecular complexity index is 1060. The third-order valence-corrected chi connectivity index (χ3v) is 5.09. The number of nitrogens with zero attached hydrogens (tertiary/aromatic N) is 1. The fraction of sp³-hybridized carbons (Fsp3) is 0.440. The van der Waals surface area contributed by atoms with Crippen LogP contribution in [-0.4, -0.2) is 70.5 Å². The van der Waals surface area contributed by atoms with Gasteiger partial charge in [-0.1, -0.05) is 56.3 Å². The molecule has 0 radical (unpaired) electrons. The maximum Gasteiger partial charge on any atom is 0.334 e.